The zero-order chi connectivity index (χ0) is 12.7. The second-order valence-electron chi connectivity index (χ2n) is 4.25. The van der Waals surface area contributed by atoms with Crippen molar-refractivity contribution in [3.8, 4) is 0 Å². The largest absolute Gasteiger partial charge is 0.295 e. The number of allylic oxidation sites excluding steroid dienone is 2. The van der Waals surface area contributed by atoms with Crippen molar-refractivity contribution in [3.63, 3.8) is 0 Å². The predicted octanol–water partition coefficient (Wildman–Crippen LogP) is 4.19. The van der Waals surface area contributed by atoms with Gasteiger partial charge in [-0.3, -0.25) is 4.79 Å². The molecular weight excluding hydrogens is 228 g/mol. The van der Waals surface area contributed by atoms with Crippen molar-refractivity contribution < 1.29 is 4.79 Å². The standard InChI is InChI=1S/C15H20OS/c1-4-17-15(3,12-8-9-13(2)16)14-10-6-5-7-11-14/h5-11H,4,12H2,1-3H3/b9-8+/t15-/m1/s1. The number of carbonyl (C=O) groups is 1. The summed E-state index contributed by atoms with van der Waals surface area (Å²) in [6, 6.07) is 10.5. The van der Waals surface area contributed by atoms with Crippen LogP contribution in [0.15, 0.2) is 42.5 Å². The lowest BCUT2D eigenvalue weighted by Crippen LogP contribution is -2.16. The molecule has 0 spiro atoms. The molecule has 17 heavy (non-hydrogen) atoms. The van der Waals surface area contributed by atoms with Crippen molar-refractivity contribution in [3.05, 3.63) is 48.0 Å². The van der Waals surface area contributed by atoms with E-state index >= 15 is 0 Å². The lowest BCUT2D eigenvalue weighted by atomic mass is 9.96. The summed E-state index contributed by atoms with van der Waals surface area (Å²) < 4.78 is 0.0575. The summed E-state index contributed by atoms with van der Waals surface area (Å²) in [5.74, 6) is 1.18. The van der Waals surface area contributed by atoms with Gasteiger partial charge in [-0.2, -0.15) is 11.8 Å². The van der Waals surface area contributed by atoms with Crippen LogP contribution in [0.2, 0.25) is 0 Å². The summed E-state index contributed by atoms with van der Waals surface area (Å²) in [4.78, 5) is 10.9. The van der Waals surface area contributed by atoms with Crippen LogP contribution in [0.5, 0.6) is 0 Å². The summed E-state index contributed by atoms with van der Waals surface area (Å²) in [6.07, 6.45) is 4.53. The normalized spacial score (nSPS) is 14.8. The Labute approximate surface area is 108 Å². The molecule has 2 heteroatoms. The molecule has 0 aliphatic carbocycles. The van der Waals surface area contributed by atoms with Gasteiger partial charge in [0.05, 0.1) is 0 Å². The summed E-state index contributed by atoms with van der Waals surface area (Å²) in [6.45, 7) is 5.99. The lowest BCUT2D eigenvalue weighted by Gasteiger charge is -2.28. The minimum Gasteiger partial charge on any atom is -0.295 e. The molecule has 0 heterocycles. The van der Waals surface area contributed by atoms with Crippen molar-refractivity contribution in [1.29, 1.82) is 0 Å². The van der Waals surface area contributed by atoms with Crippen molar-refractivity contribution >= 4 is 17.5 Å². The van der Waals surface area contributed by atoms with Crippen molar-refractivity contribution in [2.45, 2.75) is 31.9 Å². The van der Waals surface area contributed by atoms with Gasteiger partial charge in [0, 0.05) is 4.75 Å². The minimum absolute atomic E-state index is 0.0575. The molecule has 1 aromatic rings. The quantitative estimate of drug-likeness (QED) is 0.702. The molecule has 0 amide bonds. The summed E-state index contributed by atoms with van der Waals surface area (Å²) in [7, 11) is 0. The third kappa shape index (κ3) is 4.39. The second-order valence-corrected chi connectivity index (χ2v) is 6.01. The number of rotatable bonds is 6. The van der Waals surface area contributed by atoms with Crippen molar-refractivity contribution in [2.24, 2.45) is 0 Å². The molecule has 92 valence electrons. The topological polar surface area (TPSA) is 17.1 Å². The van der Waals surface area contributed by atoms with E-state index in [9.17, 15) is 4.79 Å². The number of hydrogen-bond donors (Lipinski definition) is 0. The van der Waals surface area contributed by atoms with E-state index < -0.39 is 0 Å². The van der Waals surface area contributed by atoms with Crippen LogP contribution in [0, 0.1) is 0 Å². The van der Waals surface area contributed by atoms with Gasteiger partial charge in [0.15, 0.2) is 5.78 Å². The van der Waals surface area contributed by atoms with Gasteiger partial charge >= 0.3 is 0 Å². The number of hydrogen-bond acceptors (Lipinski definition) is 2. The van der Waals surface area contributed by atoms with Crippen LogP contribution in [-0.4, -0.2) is 11.5 Å². The molecule has 0 saturated heterocycles. The predicted molar refractivity (Wildman–Crippen MR) is 76.4 cm³/mol. The maximum Gasteiger partial charge on any atom is 0.152 e. The van der Waals surface area contributed by atoms with Gasteiger partial charge < -0.3 is 0 Å². The number of ketones is 1. The van der Waals surface area contributed by atoms with E-state index in [2.05, 4.69) is 38.1 Å². The SMILES string of the molecule is CCS[C@](C)(C/C=C/C(C)=O)c1ccccc1. The van der Waals surface area contributed by atoms with E-state index in [1.807, 2.05) is 23.9 Å². The van der Waals surface area contributed by atoms with E-state index in [0.29, 0.717) is 0 Å². The lowest BCUT2D eigenvalue weighted by molar-refractivity contribution is -0.112. The van der Waals surface area contributed by atoms with Gasteiger partial charge in [0.25, 0.3) is 0 Å². The average Bonchev–Trinajstić information content (AvgIpc) is 2.30. The summed E-state index contributed by atoms with van der Waals surface area (Å²) >= 11 is 1.92. The Kier molecular flexibility index (Phi) is 5.49. The molecule has 1 atom stereocenters. The van der Waals surface area contributed by atoms with Gasteiger partial charge in [-0.15, -0.1) is 0 Å². The molecule has 1 aromatic carbocycles. The van der Waals surface area contributed by atoms with Crippen LogP contribution in [-0.2, 0) is 9.54 Å². The highest BCUT2D eigenvalue weighted by atomic mass is 32.2. The van der Waals surface area contributed by atoms with E-state index in [0.717, 1.165) is 12.2 Å². The first-order valence-electron chi connectivity index (χ1n) is 5.95. The maximum atomic E-state index is 10.9. The number of carbonyl (C=O) groups excluding carboxylic acids is 1. The fourth-order valence-corrected chi connectivity index (χ4v) is 2.97. The van der Waals surface area contributed by atoms with Crippen LogP contribution < -0.4 is 0 Å². The average molecular weight is 248 g/mol. The third-order valence-corrected chi connectivity index (χ3v) is 4.04. The molecule has 0 aliphatic rings. The minimum atomic E-state index is 0.0575. The molecule has 0 aromatic heterocycles. The van der Waals surface area contributed by atoms with Crippen molar-refractivity contribution in [2.75, 3.05) is 5.75 Å². The molecule has 0 fully saturated rings. The fourth-order valence-electron chi connectivity index (χ4n) is 1.82. The van der Waals surface area contributed by atoms with Gasteiger partial charge in [0.2, 0.25) is 0 Å². The van der Waals surface area contributed by atoms with E-state index in [1.165, 1.54) is 5.56 Å². The Balaban J connectivity index is 2.86. The van der Waals surface area contributed by atoms with E-state index in [-0.39, 0.29) is 10.5 Å². The van der Waals surface area contributed by atoms with Crippen LogP contribution in [0.3, 0.4) is 0 Å². The van der Waals surface area contributed by atoms with Crippen LogP contribution >= 0.6 is 11.8 Å². The third-order valence-electron chi connectivity index (χ3n) is 2.71. The van der Waals surface area contributed by atoms with E-state index in [4.69, 9.17) is 0 Å². The Morgan fingerprint density at radius 2 is 2.00 bits per heavy atom. The van der Waals surface area contributed by atoms with Crippen LogP contribution in [0.1, 0.15) is 32.8 Å². The van der Waals surface area contributed by atoms with Crippen LogP contribution in [0.4, 0.5) is 0 Å². The van der Waals surface area contributed by atoms with E-state index in [1.54, 1.807) is 13.0 Å². The first-order chi connectivity index (χ1) is 8.08. The van der Waals surface area contributed by atoms with Gasteiger partial charge in [-0.05, 0) is 37.7 Å². The zero-order valence-electron chi connectivity index (χ0n) is 10.8. The number of benzene rings is 1. The fraction of sp³-hybridized carbons (Fsp3) is 0.400. The maximum absolute atomic E-state index is 10.9. The Morgan fingerprint density at radius 3 is 2.53 bits per heavy atom. The first-order valence-corrected chi connectivity index (χ1v) is 6.93. The smallest absolute Gasteiger partial charge is 0.152 e. The molecule has 0 N–H and O–H groups in total. The highest BCUT2D eigenvalue weighted by molar-refractivity contribution is 8.00. The van der Waals surface area contributed by atoms with Gasteiger partial charge in [0.1, 0.15) is 0 Å². The highest BCUT2D eigenvalue weighted by Gasteiger charge is 2.24. The van der Waals surface area contributed by atoms with Gasteiger partial charge in [-0.25, -0.2) is 0 Å². The molecular formula is C15H20OS. The summed E-state index contributed by atoms with van der Waals surface area (Å²) in [5, 5.41) is 0. The highest BCUT2D eigenvalue weighted by Crippen LogP contribution is 2.39. The zero-order valence-corrected chi connectivity index (χ0v) is 11.6. The number of thioether (sulfide) groups is 1. The Bertz CT molecular complexity index is 383. The Hall–Kier alpha value is -1.02. The molecule has 1 nitrogen and oxygen atoms in total. The molecule has 1 rings (SSSR count). The van der Waals surface area contributed by atoms with Crippen molar-refractivity contribution in [1.82, 2.24) is 0 Å². The van der Waals surface area contributed by atoms with Gasteiger partial charge in [-0.1, -0.05) is 43.3 Å². The summed E-state index contributed by atoms with van der Waals surface area (Å²) in [5.41, 5.74) is 1.32. The molecule has 0 saturated carbocycles. The molecule has 0 unspecified atom stereocenters. The molecule has 0 aliphatic heterocycles. The molecule has 0 radical (unpaired) electrons. The monoisotopic (exact) mass is 248 g/mol. The Morgan fingerprint density at radius 1 is 1.35 bits per heavy atom. The van der Waals surface area contributed by atoms with Crippen LogP contribution in [0.25, 0.3) is 0 Å². The molecule has 0 bridgehead atoms. The second kappa shape index (κ2) is 6.65. The first kappa shape index (κ1) is 14.0.